The number of carbonyl (C=O) groups is 1. The number of anilines is 1. The molecule has 0 aliphatic carbocycles. The Morgan fingerprint density at radius 2 is 2.35 bits per heavy atom. The molecule has 1 atom stereocenters. The number of carbonyl (C=O) groups excluding carboxylic acids is 1. The number of rotatable bonds is 2. The van der Waals surface area contributed by atoms with Crippen molar-refractivity contribution in [2.24, 2.45) is 5.92 Å². The van der Waals surface area contributed by atoms with Crippen LogP contribution >= 0.6 is 0 Å². The van der Waals surface area contributed by atoms with Gasteiger partial charge in [-0.15, -0.1) is 0 Å². The third kappa shape index (κ3) is 1.59. The van der Waals surface area contributed by atoms with Gasteiger partial charge in [-0.05, 0) is 12.1 Å². The van der Waals surface area contributed by atoms with Gasteiger partial charge in [0.1, 0.15) is 11.5 Å². The molecule has 5 heteroatoms. The Labute approximate surface area is 98.3 Å². The fraction of sp³-hybridized carbons (Fsp3) is 0.333. The van der Waals surface area contributed by atoms with E-state index in [2.05, 4.69) is 4.98 Å². The van der Waals surface area contributed by atoms with E-state index in [0.29, 0.717) is 13.0 Å². The van der Waals surface area contributed by atoms with Crippen LogP contribution in [0.25, 0.3) is 5.65 Å². The zero-order chi connectivity index (χ0) is 11.8. The maximum atomic E-state index is 11.9. The van der Waals surface area contributed by atoms with E-state index in [1.54, 1.807) is 11.1 Å². The van der Waals surface area contributed by atoms with E-state index in [0.717, 1.165) is 11.5 Å². The Morgan fingerprint density at radius 3 is 3.12 bits per heavy atom. The maximum Gasteiger partial charge on any atom is 0.228 e. The van der Waals surface area contributed by atoms with Crippen LogP contribution in [0, 0.1) is 5.92 Å². The Kier molecular flexibility index (Phi) is 2.33. The summed E-state index contributed by atoms with van der Waals surface area (Å²) in [4.78, 5) is 17.8. The van der Waals surface area contributed by atoms with E-state index in [9.17, 15) is 4.79 Å². The first kappa shape index (κ1) is 10.3. The normalized spacial score (nSPS) is 20.4. The van der Waals surface area contributed by atoms with Crippen molar-refractivity contribution in [1.82, 2.24) is 9.38 Å². The summed E-state index contributed by atoms with van der Waals surface area (Å²) < 4.78 is 1.89. The van der Waals surface area contributed by atoms with Gasteiger partial charge in [-0.2, -0.15) is 0 Å². The highest BCUT2D eigenvalue weighted by atomic mass is 16.3. The summed E-state index contributed by atoms with van der Waals surface area (Å²) >= 11 is 0. The van der Waals surface area contributed by atoms with Gasteiger partial charge in [0.15, 0.2) is 0 Å². The summed E-state index contributed by atoms with van der Waals surface area (Å²) in [5.41, 5.74) is 0.822. The monoisotopic (exact) mass is 231 g/mol. The van der Waals surface area contributed by atoms with Gasteiger partial charge in [0.05, 0.1) is 0 Å². The lowest BCUT2D eigenvalue weighted by atomic mass is 10.1. The number of aliphatic hydroxyl groups excluding tert-OH is 1. The maximum absolute atomic E-state index is 11.9. The van der Waals surface area contributed by atoms with Crippen molar-refractivity contribution in [3.63, 3.8) is 0 Å². The molecule has 2 aromatic rings. The predicted molar refractivity (Wildman–Crippen MR) is 62.7 cm³/mol. The summed E-state index contributed by atoms with van der Waals surface area (Å²) in [6.07, 6.45) is 3.97. The highest BCUT2D eigenvalue weighted by molar-refractivity contribution is 5.95. The topological polar surface area (TPSA) is 57.8 Å². The molecule has 0 spiro atoms. The van der Waals surface area contributed by atoms with Crippen molar-refractivity contribution in [1.29, 1.82) is 0 Å². The molecule has 1 N–H and O–H groups in total. The first-order valence-electron chi connectivity index (χ1n) is 5.63. The first-order chi connectivity index (χ1) is 8.29. The molecule has 3 heterocycles. The lowest BCUT2D eigenvalue weighted by molar-refractivity contribution is -0.117. The lowest BCUT2D eigenvalue weighted by Gasteiger charge is -2.17. The lowest BCUT2D eigenvalue weighted by Crippen LogP contribution is -2.26. The zero-order valence-corrected chi connectivity index (χ0v) is 9.28. The second-order valence-corrected chi connectivity index (χ2v) is 4.30. The highest BCUT2D eigenvalue weighted by Gasteiger charge is 2.31. The minimum Gasteiger partial charge on any atom is -0.396 e. The van der Waals surface area contributed by atoms with Crippen molar-refractivity contribution in [2.45, 2.75) is 6.42 Å². The van der Waals surface area contributed by atoms with Crippen LogP contribution in [0.15, 0.2) is 30.6 Å². The van der Waals surface area contributed by atoms with E-state index in [-0.39, 0.29) is 18.4 Å². The van der Waals surface area contributed by atoms with Crippen LogP contribution in [-0.4, -0.2) is 33.6 Å². The molecule has 0 bridgehead atoms. The Balaban J connectivity index is 2.04. The molecule has 1 aliphatic rings. The summed E-state index contributed by atoms with van der Waals surface area (Å²) in [6, 6.07) is 5.68. The fourth-order valence-electron chi connectivity index (χ4n) is 2.28. The molecular formula is C12H13N3O2. The number of fused-ring (bicyclic) bond motifs is 1. The quantitative estimate of drug-likeness (QED) is 0.826. The third-order valence-corrected chi connectivity index (χ3v) is 3.15. The van der Waals surface area contributed by atoms with Crippen molar-refractivity contribution < 1.29 is 9.90 Å². The summed E-state index contributed by atoms with van der Waals surface area (Å²) in [6.45, 7) is 0.634. The van der Waals surface area contributed by atoms with E-state index >= 15 is 0 Å². The van der Waals surface area contributed by atoms with E-state index < -0.39 is 0 Å². The summed E-state index contributed by atoms with van der Waals surface area (Å²) in [5.74, 6) is 0.924. The van der Waals surface area contributed by atoms with Gasteiger partial charge in [-0.25, -0.2) is 4.98 Å². The predicted octanol–water partition coefficient (Wildman–Crippen LogP) is 0.679. The number of amides is 1. The molecule has 1 unspecified atom stereocenters. The molecule has 3 rings (SSSR count). The van der Waals surface area contributed by atoms with Crippen molar-refractivity contribution >= 4 is 17.4 Å². The average Bonchev–Trinajstić information content (AvgIpc) is 2.94. The number of hydrogen-bond acceptors (Lipinski definition) is 3. The molecule has 0 radical (unpaired) electrons. The van der Waals surface area contributed by atoms with Gasteiger partial charge in [-0.1, -0.05) is 6.07 Å². The Morgan fingerprint density at radius 1 is 1.47 bits per heavy atom. The average molecular weight is 231 g/mol. The first-order valence-corrected chi connectivity index (χ1v) is 5.63. The standard InChI is InChI=1S/C12H13N3O2/c16-8-9-6-12(17)15(7-9)11-3-1-2-10-13-4-5-14(10)11/h1-5,9,16H,6-8H2. The van der Waals surface area contributed by atoms with E-state index in [1.165, 1.54) is 0 Å². The second-order valence-electron chi connectivity index (χ2n) is 4.30. The molecule has 17 heavy (non-hydrogen) atoms. The smallest absolute Gasteiger partial charge is 0.228 e. The minimum absolute atomic E-state index is 0.0428. The number of hydrogen-bond donors (Lipinski definition) is 1. The van der Waals surface area contributed by atoms with Crippen molar-refractivity contribution in [3.05, 3.63) is 30.6 Å². The molecule has 1 fully saturated rings. The van der Waals surface area contributed by atoms with Crippen molar-refractivity contribution in [2.75, 3.05) is 18.1 Å². The zero-order valence-electron chi connectivity index (χ0n) is 9.28. The van der Waals surface area contributed by atoms with Crippen LogP contribution in [0.3, 0.4) is 0 Å². The van der Waals surface area contributed by atoms with Crippen LogP contribution in [0.2, 0.25) is 0 Å². The van der Waals surface area contributed by atoms with Gasteiger partial charge in [0.2, 0.25) is 5.91 Å². The molecule has 5 nitrogen and oxygen atoms in total. The Hall–Kier alpha value is -1.88. The molecule has 2 aromatic heterocycles. The van der Waals surface area contributed by atoms with Gasteiger partial charge < -0.3 is 5.11 Å². The third-order valence-electron chi connectivity index (χ3n) is 3.15. The molecule has 1 aliphatic heterocycles. The summed E-state index contributed by atoms with van der Waals surface area (Å²) in [7, 11) is 0. The van der Waals surface area contributed by atoms with Gasteiger partial charge in [0.25, 0.3) is 0 Å². The SMILES string of the molecule is O=C1CC(CO)CN1c1cccc2nccn12. The largest absolute Gasteiger partial charge is 0.396 e. The Bertz CT molecular complexity index is 564. The van der Waals surface area contributed by atoms with Crippen LogP contribution in [0.5, 0.6) is 0 Å². The van der Waals surface area contributed by atoms with Crippen LogP contribution < -0.4 is 4.90 Å². The number of nitrogens with zero attached hydrogens (tertiary/aromatic N) is 3. The van der Waals surface area contributed by atoms with Crippen LogP contribution in [-0.2, 0) is 4.79 Å². The number of aromatic nitrogens is 2. The van der Waals surface area contributed by atoms with E-state index in [1.807, 2.05) is 28.8 Å². The van der Waals surface area contributed by atoms with Crippen LogP contribution in [0.1, 0.15) is 6.42 Å². The molecule has 88 valence electrons. The van der Waals surface area contributed by atoms with Gasteiger partial charge in [0, 0.05) is 37.9 Å². The van der Waals surface area contributed by atoms with Crippen LogP contribution in [0.4, 0.5) is 5.82 Å². The van der Waals surface area contributed by atoms with Crippen molar-refractivity contribution in [3.8, 4) is 0 Å². The minimum atomic E-state index is 0.0428. The second kappa shape index (κ2) is 3.85. The molecule has 1 amide bonds. The molecule has 1 saturated heterocycles. The number of aliphatic hydroxyl groups is 1. The fourth-order valence-corrected chi connectivity index (χ4v) is 2.28. The van der Waals surface area contributed by atoms with Gasteiger partial charge in [-0.3, -0.25) is 14.1 Å². The number of pyridine rings is 1. The molecule has 0 aromatic carbocycles. The number of imidazole rings is 1. The summed E-state index contributed by atoms with van der Waals surface area (Å²) in [5, 5.41) is 9.12. The van der Waals surface area contributed by atoms with Gasteiger partial charge >= 0.3 is 0 Å². The molecular weight excluding hydrogens is 218 g/mol. The molecule has 0 saturated carbocycles. The highest BCUT2D eigenvalue weighted by Crippen LogP contribution is 2.25. The van der Waals surface area contributed by atoms with E-state index in [4.69, 9.17) is 5.11 Å².